The number of rotatable bonds is 7. The third-order valence-electron chi connectivity index (χ3n) is 2.96. The summed E-state index contributed by atoms with van der Waals surface area (Å²) in [5.74, 6) is 1.77. The molecule has 0 unspecified atom stereocenters. The summed E-state index contributed by atoms with van der Waals surface area (Å²) in [5, 5.41) is 6.98. The zero-order valence-electron chi connectivity index (χ0n) is 12.2. The summed E-state index contributed by atoms with van der Waals surface area (Å²) in [7, 11) is 0. The second kappa shape index (κ2) is 9.43. The summed E-state index contributed by atoms with van der Waals surface area (Å²) in [4.78, 5) is 0. The van der Waals surface area contributed by atoms with Crippen LogP contribution < -0.4 is 10.6 Å². The Morgan fingerprint density at radius 2 is 1.77 bits per heavy atom. The van der Waals surface area contributed by atoms with Gasteiger partial charge >= 0.3 is 0 Å². The average Bonchev–Trinajstić information content (AvgIpc) is 2.53. The van der Waals surface area contributed by atoms with E-state index in [1.54, 1.807) is 0 Å². The Balaban J connectivity index is 1.54. The third kappa shape index (κ3) is 6.45. The molecule has 116 valence electrons. The molecule has 2 rings (SSSR count). The molecule has 0 radical (unpaired) electrons. The molecule has 0 bridgehead atoms. The van der Waals surface area contributed by atoms with Crippen molar-refractivity contribution in [2.24, 2.45) is 0 Å². The number of hydrogen-bond donors (Lipinski definition) is 2. The minimum absolute atomic E-state index is 0.183. The molecule has 0 aliphatic heterocycles. The summed E-state index contributed by atoms with van der Waals surface area (Å²) < 4.78 is 12.8. The normalized spacial score (nSPS) is 10.2. The lowest BCUT2D eigenvalue weighted by Crippen LogP contribution is -2.29. The number of benzene rings is 2. The highest BCUT2D eigenvalue weighted by Gasteiger charge is 1.97. The van der Waals surface area contributed by atoms with Gasteiger partial charge in [-0.25, -0.2) is 4.39 Å². The number of para-hydroxylation sites is 1. The Morgan fingerprint density at radius 3 is 2.50 bits per heavy atom. The predicted octanol–water partition coefficient (Wildman–Crippen LogP) is 4.44. The van der Waals surface area contributed by atoms with Crippen molar-refractivity contribution in [3.8, 4) is 0 Å². The summed E-state index contributed by atoms with van der Waals surface area (Å²) in [5.41, 5.74) is 2.14. The van der Waals surface area contributed by atoms with Crippen LogP contribution in [0.5, 0.6) is 0 Å². The second-order valence-corrected chi connectivity index (χ2v) is 6.29. The summed E-state index contributed by atoms with van der Waals surface area (Å²) in [6.07, 6.45) is 1.03. The Hall–Kier alpha value is -1.59. The Bertz CT molecular complexity index is 573. The second-order valence-electron chi connectivity index (χ2n) is 4.78. The summed E-state index contributed by atoms with van der Waals surface area (Å²) >= 11 is 7.08. The maximum Gasteiger partial charge on any atom is 0.170 e. The van der Waals surface area contributed by atoms with Crippen LogP contribution in [0.3, 0.4) is 0 Å². The molecule has 0 atom stereocenters. The van der Waals surface area contributed by atoms with Crippen molar-refractivity contribution in [1.29, 1.82) is 0 Å². The van der Waals surface area contributed by atoms with Gasteiger partial charge in [0, 0.05) is 18.0 Å². The first-order valence-electron chi connectivity index (χ1n) is 7.16. The van der Waals surface area contributed by atoms with E-state index in [4.69, 9.17) is 12.2 Å². The van der Waals surface area contributed by atoms with E-state index in [0.717, 1.165) is 35.7 Å². The Morgan fingerprint density at radius 1 is 1.05 bits per heavy atom. The third-order valence-corrected chi connectivity index (χ3v) is 4.33. The van der Waals surface area contributed by atoms with Gasteiger partial charge in [-0.3, -0.25) is 0 Å². The van der Waals surface area contributed by atoms with Crippen LogP contribution in [0.15, 0.2) is 54.6 Å². The lowest BCUT2D eigenvalue weighted by Gasteiger charge is -2.10. The molecular formula is C17H19FN2S2. The van der Waals surface area contributed by atoms with Gasteiger partial charge in [0.15, 0.2) is 5.11 Å². The highest BCUT2D eigenvalue weighted by atomic mass is 32.2. The van der Waals surface area contributed by atoms with Crippen LogP contribution in [0.2, 0.25) is 0 Å². The molecule has 2 aromatic carbocycles. The van der Waals surface area contributed by atoms with E-state index < -0.39 is 0 Å². The number of thioether (sulfide) groups is 1. The lowest BCUT2D eigenvalue weighted by atomic mass is 10.2. The molecule has 0 aliphatic carbocycles. The van der Waals surface area contributed by atoms with E-state index in [1.807, 2.05) is 54.2 Å². The average molecular weight is 334 g/mol. The summed E-state index contributed by atoms with van der Waals surface area (Å²) in [6.45, 7) is 0.842. The molecule has 2 aromatic rings. The minimum atomic E-state index is -0.183. The van der Waals surface area contributed by atoms with Crippen LogP contribution >= 0.6 is 24.0 Å². The van der Waals surface area contributed by atoms with Gasteiger partial charge < -0.3 is 10.6 Å². The van der Waals surface area contributed by atoms with Crippen LogP contribution in [0.1, 0.15) is 12.0 Å². The number of halogens is 1. The van der Waals surface area contributed by atoms with Crippen LogP contribution in [0.25, 0.3) is 0 Å². The van der Waals surface area contributed by atoms with Gasteiger partial charge in [0.25, 0.3) is 0 Å². The van der Waals surface area contributed by atoms with Crippen LogP contribution in [0.4, 0.5) is 10.1 Å². The van der Waals surface area contributed by atoms with Crippen LogP contribution in [-0.4, -0.2) is 17.4 Å². The molecule has 0 aromatic heterocycles. The summed E-state index contributed by atoms with van der Waals surface area (Å²) in [6, 6.07) is 16.5. The van der Waals surface area contributed by atoms with E-state index in [0.29, 0.717) is 5.11 Å². The Kier molecular flexibility index (Phi) is 7.19. The molecule has 0 fully saturated rings. The quantitative estimate of drug-likeness (QED) is 0.577. The van der Waals surface area contributed by atoms with Gasteiger partial charge in [0.05, 0.1) is 0 Å². The number of thiocarbonyl (C=S) groups is 1. The Labute approximate surface area is 140 Å². The molecular weight excluding hydrogens is 315 g/mol. The molecule has 0 aliphatic rings. The fraction of sp³-hybridized carbons (Fsp3) is 0.235. The minimum Gasteiger partial charge on any atom is -0.362 e. The van der Waals surface area contributed by atoms with Crippen molar-refractivity contribution in [1.82, 2.24) is 5.32 Å². The van der Waals surface area contributed by atoms with E-state index in [2.05, 4.69) is 10.6 Å². The molecule has 0 saturated heterocycles. The molecule has 2 N–H and O–H groups in total. The highest BCUT2D eigenvalue weighted by Crippen LogP contribution is 2.13. The topological polar surface area (TPSA) is 24.1 Å². The standard InChI is InChI=1S/C17H19FN2S2/c18-15-9-7-14(8-10-15)13-22-12-4-11-19-17(21)20-16-5-2-1-3-6-16/h1-3,5-10H,4,11-13H2,(H2,19,20,21). The first-order chi connectivity index (χ1) is 10.7. The maximum absolute atomic E-state index is 12.8. The predicted molar refractivity (Wildman–Crippen MR) is 97.8 cm³/mol. The van der Waals surface area contributed by atoms with E-state index >= 15 is 0 Å². The SMILES string of the molecule is Fc1ccc(CSCCCNC(=S)Nc2ccccc2)cc1. The van der Waals surface area contributed by atoms with Gasteiger partial charge in [0.1, 0.15) is 5.82 Å². The van der Waals surface area contributed by atoms with Crippen molar-refractivity contribution in [3.05, 3.63) is 66.0 Å². The van der Waals surface area contributed by atoms with E-state index in [1.165, 1.54) is 12.1 Å². The largest absolute Gasteiger partial charge is 0.362 e. The smallest absolute Gasteiger partial charge is 0.170 e. The van der Waals surface area contributed by atoms with E-state index in [9.17, 15) is 4.39 Å². The monoisotopic (exact) mass is 334 g/mol. The zero-order chi connectivity index (χ0) is 15.6. The van der Waals surface area contributed by atoms with Crippen molar-refractivity contribution in [3.63, 3.8) is 0 Å². The zero-order valence-corrected chi connectivity index (χ0v) is 13.9. The fourth-order valence-corrected chi connectivity index (χ4v) is 2.98. The molecule has 2 nitrogen and oxygen atoms in total. The number of hydrogen-bond acceptors (Lipinski definition) is 2. The van der Waals surface area contributed by atoms with Crippen LogP contribution in [0, 0.1) is 5.82 Å². The van der Waals surface area contributed by atoms with Gasteiger partial charge in [-0.15, -0.1) is 0 Å². The van der Waals surface area contributed by atoms with Gasteiger partial charge in [-0.05, 0) is 54.2 Å². The van der Waals surface area contributed by atoms with Crippen LogP contribution in [-0.2, 0) is 5.75 Å². The van der Waals surface area contributed by atoms with Crippen molar-refractivity contribution in [2.75, 3.05) is 17.6 Å². The molecule has 0 amide bonds. The van der Waals surface area contributed by atoms with Crippen molar-refractivity contribution >= 4 is 34.8 Å². The molecule has 0 saturated carbocycles. The number of nitrogens with one attached hydrogen (secondary N) is 2. The van der Waals surface area contributed by atoms with Crippen molar-refractivity contribution < 1.29 is 4.39 Å². The molecule has 0 heterocycles. The van der Waals surface area contributed by atoms with Gasteiger partial charge in [0.2, 0.25) is 0 Å². The number of anilines is 1. The van der Waals surface area contributed by atoms with Crippen molar-refractivity contribution in [2.45, 2.75) is 12.2 Å². The van der Waals surface area contributed by atoms with E-state index in [-0.39, 0.29) is 5.82 Å². The lowest BCUT2D eigenvalue weighted by molar-refractivity contribution is 0.627. The van der Waals surface area contributed by atoms with Gasteiger partial charge in [-0.1, -0.05) is 30.3 Å². The molecule has 22 heavy (non-hydrogen) atoms. The van der Waals surface area contributed by atoms with Gasteiger partial charge in [-0.2, -0.15) is 11.8 Å². The first-order valence-corrected chi connectivity index (χ1v) is 8.72. The molecule has 5 heteroatoms. The maximum atomic E-state index is 12.8. The highest BCUT2D eigenvalue weighted by molar-refractivity contribution is 7.98. The fourth-order valence-electron chi connectivity index (χ4n) is 1.84. The first kappa shape index (κ1) is 16.8. The molecule has 0 spiro atoms.